The van der Waals surface area contributed by atoms with Crippen molar-refractivity contribution in [1.82, 2.24) is 9.80 Å². The maximum absolute atomic E-state index is 13.5. The number of carboxylic acids is 2. The van der Waals surface area contributed by atoms with Gasteiger partial charge in [0, 0.05) is 37.2 Å². The van der Waals surface area contributed by atoms with Gasteiger partial charge in [-0.1, -0.05) is 88.7 Å². The second kappa shape index (κ2) is 12.8. The first-order chi connectivity index (χ1) is 16.8. The Labute approximate surface area is 212 Å². The number of hydrogen-bond acceptors (Lipinski definition) is 4. The van der Waals surface area contributed by atoms with E-state index in [1.807, 2.05) is 41.3 Å². The predicted octanol–water partition coefficient (Wildman–Crippen LogP) is 4.08. The highest BCUT2D eigenvalue weighted by Crippen LogP contribution is 2.27. The quantitative estimate of drug-likeness (QED) is 0.475. The maximum atomic E-state index is 13.5. The number of halogens is 1. The summed E-state index contributed by atoms with van der Waals surface area (Å²) in [4.78, 5) is 36.2. The summed E-state index contributed by atoms with van der Waals surface area (Å²) in [5.41, 5.74) is 3.42. The van der Waals surface area contributed by atoms with E-state index in [0.29, 0.717) is 0 Å². The van der Waals surface area contributed by atoms with Crippen LogP contribution in [0.15, 0.2) is 89.4 Å². The number of hydrogen-bond donors (Lipinski definition) is 2. The van der Waals surface area contributed by atoms with Crippen molar-refractivity contribution in [3.63, 3.8) is 0 Å². The minimum absolute atomic E-state index is 0.200. The second-order valence-electron chi connectivity index (χ2n) is 8.09. The lowest BCUT2D eigenvalue weighted by molar-refractivity contribution is -0.159. The minimum Gasteiger partial charge on any atom is -0.473 e. The average Bonchev–Trinajstić information content (AvgIpc) is 2.87. The van der Waals surface area contributed by atoms with Gasteiger partial charge in [0.05, 0.1) is 5.92 Å². The van der Waals surface area contributed by atoms with Crippen LogP contribution in [0.25, 0.3) is 0 Å². The Hall–Kier alpha value is -3.49. The number of carboxylic acid groups (broad SMARTS) is 2. The molecule has 1 heterocycles. The molecule has 1 amide bonds. The zero-order chi connectivity index (χ0) is 25.2. The third-order valence-corrected chi connectivity index (χ3v) is 6.23. The average molecular weight is 539 g/mol. The number of carbonyl (C=O) groups is 3. The summed E-state index contributed by atoms with van der Waals surface area (Å²) in [6.45, 7) is 4.27. The van der Waals surface area contributed by atoms with E-state index in [1.165, 1.54) is 5.56 Å². The first-order valence-electron chi connectivity index (χ1n) is 11.2. The molecule has 3 aromatic rings. The largest absolute Gasteiger partial charge is 0.473 e. The van der Waals surface area contributed by atoms with Crippen LogP contribution in [0, 0.1) is 0 Å². The van der Waals surface area contributed by atoms with Gasteiger partial charge in [-0.3, -0.25) is 9.69 Å². The first-order valence-corrected chi connectivity index (χ1v) is 12.0. The molecule has 0 bridgehead atoms. The van der Waals surface area contributed by atoms with Crippen LogP contribution in [-0.4, -0.2) is 64.0 Å². The van der Waals surface area contributed by atoms with Gasteiger partial charge >= 0.3 is 11.9 Å². The highest BCUT2D eigenvalue weighted by atomic mass is 79.9. The van der Waals surface area contributed by atoms with Crippen LogP contribution in [-0.2, 0) is 20.9 Å². The lowest BCUT2D eigenvalue weighted by atomic mass is 9.90. The first kappa shape index (κ1) is 26.1. The van der Waals surface area contributed by atoms with E-state index in [1.54, 1.807) is 0 Å². The molecule has 2 N–H and O–H groups in total. The van der Waals surface area contributed by atoms with Crippen LogP contribution in [0.4, 0.5) is 0 Å². The van der Waals surface area contributed by atoms with Gasteiger partial charge in [-0.25, -0.2) is 9.59 Å². The molecule has 8 heteroatoms. The smallest absolute Gasteiger partial charge is 0.414 e. The molecule has 1 saturated heterocycles. The molecule has 1 aliphatic rings. The summed E-state index contributed by atoms with van der Waals surface area (Å²) in [6.07, 6.45) is 0. The van der Waals surface area contributed by atoms with E-state index in [9.17, 15) is 4.79 Å². The van der Waals surface area contributed by atoms with Crippen LogP contribution in [0.2, 0.25) is 0 Å². The fourth-order valence-corrected chi connectivity index (χ4v) is 4.19. The minimum atomic E-state index is -1.82. The predicted molar refractivity (Wildman–Crippen MR) is 136 cm³/mol. The Kier molecular flexibility index (Phi) is 9.57. The van der Waals surface area contributed by atoms with Crippen molar-refractivity contribution in [1.29, 1.82) is 0 Å². The van der Waals surface area contributed by atoms with E-state index in [2.05, 4.69) is 69.4 Å². The molecule has 0 aromatic heterocycles. The lowest BCUT2D eigenvalue weighted by Crippen LogP contribution is -2.49. The zero-order valence-electron chi connectivity index (χ0n) is 19.1. The van der Waals surface area contributed by atoms with Crippen molar-refractivity contribution in [3.05, 3.63) is 106 Å². The highest BCUT2D eigenvalue weighted by Gasteiger charge is 2.29. The fourth-order valence-electron chi connectivity index (χ4n) is 3.93. The van der Waals surface area contributed by atoms with Crippen LogP contribution < -0.4 is 0 Å². The molecular weight excluding hydrogens is 512 g/mol. The van der Waals surface area contributed by atoms with Crippen molar-refractivity contribution in [2.24, 2.45) is 0 Å². The zero-order valence-corrected chi connectivity index (χ0v) is 20.7. The molecule has 7 nitrogen and oxygen atoms in total. The number of rotatable bonds is 5. The molecule has 0 saturated carbocycles. The van der Waals surface area contributed by atoms with E-state index in [4.69, 9.17) is 19.8 Å². The van der Waals surface area contributed by atoms with E-state index < -0.39 is 11.9 Å². The molecule has 4 rings (SSSR count). The third-order valence-electron chi connectivity index (χ3n) is 5.70. The molecule has 3 aromatic carbocycles. The number of aliphatic carboxylic acids is 2. The Morgan fingerprint density at radius 1 is 0.714 bits per heavy atom. The summed E-state index contributed by atoms with van der Waals surface area (Å²) < 4.78 is 1.10. The Bertz CT molecular complexity index is 1060. The van der Waals surface area contributed by atoms with Gasteiger partial charge in [0.25, 0.3) is 0 Å². The lowest BCUT2D eigenvalue weighted by Gasteiger charge is -2.36. The van der Waals surface area contributed by atoms with Crippen molar-refractivity contribution in [2.75, 3.05) is 26.2 Å². The summed E-state index contributed by atoms with van der Waals surface area (Å²) in [6, 6.07) is 28.7. The second-order valence-corrected chi connectivity index (χ2v) is 9.01. The molecule has 0 aliphatic carbocycles. The summed E-state index contributed by atoms with van der Waals surface area (Å²) in [7, 11) is 0. The SMILES string of the molecule is O=C(C(c1ccccc1)c1ccccc1)N1CCN(Cc2ccc(Br)cc2)CC1.O=C(O)C(=O)O. The van der Waals surface area contributed by atoms with Crippen LogP contribution in [0.1, 0.15) is 22.6 Å². The number of nitrogens with zero attached hydrogens (tertiary/aromatic N) is 2. The molecule has 1 fully saturated rings. The molecule has 0 spiro atoms. The molecule has 1 aliphatic heterocycles. The molecule has 35 heavy (non-hydrogen) atoms. The van der Waals surface area contributed by atoms with Gasteiger partial charge in [-0.15, -0.1) is 0 Å². The van der Waals surface area contributed by atoms with E-state index >= 15 is 0 Å². The van der Waals surface area contributed by atoms with E-state index in [0.717, 1.165) is 48.3 Å². The highest BCUT2D eigenvalue weighted by molar-refractivity contribution is 9.10. The third kappa shape index (κ3) is 7.77. The number of amides is 1. The molecule has 0 unspecified atom stereocenters. The summed E-state index contributed by atoms with van der Waals surface area (Å²) in [5.74, 6) is -3.69. The monoisotopic (exact) mass is 538 g/mol. The molecule has 182 valence electrons. The van der Waals surface area contributed by atoms with Gasteiger partial charge in [-0.2, -0.15) is 0 Å². The Morgan fingerprint density at radius 2 is 1.17 bits per heavy atom. The number of carbonyl (C=O) groups excluding carboxylic acids is 1. The van der Waals surface area contributed by atoms with Gasteiger partial charge in [0.1, 0.15) is 0 Å². The summed E-state index contributed by atoms with van der Waals surface area (Å²) >= 11 is 3.49. The van der Waals surface area contributed by atoms with E-state index in [-0.39, 0.29) is 11.8 Å². The fraction of sp³-hybridized carbons (Fsp3) is 0.222. The van der Waals surface area contributed by atoms with Crippen LogP contribution in [0.5, 0.6) is 0 Å². The van der Waals surface area contributed by atoms with Crippen molar-refractivity contribution < 1.29 is 24.6 Å². The van der Waals surface area contributed by atoms with Gasteiger partial charge in [0.15, 0.2) is 0 Å². The van der Waals surface area contributed by atoms with Crippen LogP contribution >= 0.6 is 15.9 Å². The normalized spacial score (nSPS) is 13.6. The maximum Gasteiger partial charge on any atom is 0.414 e. The molecule has 0 radical (unpaired) electrons. The van der Waals surface area contributed by atoms with Gasteiger partial charge in [0.2, 0.25) is 5.91 Å². The molecule has 0 atom stereocenters. The number of benzene rings is 3. The van der Waals surface area contributed by atoms with Crippen molar-refractivity contribution in [2.45, 2.75) is 12.5 Å². The molecular formula is C27H27BrN2O5. The standard InChI is InChI=1S/C25H25BrN2O.C2H2O4/c26-23-13-11-20(12-14-23)19-27-15-17-28(18-16-27)25(29)24(21-7-3-1-4-8-21)22-9-5-2-6-10-22;3-1(4)2(5)6/h1-14,24H,15-19H2;(H,3,4)(H,5,6). The summed E-state index contributed by atoms with van der Waals surface area (Å²) in [5, 5.41) is 14.8. The van der Waals surface area contributed by atoms with Gasteiger partial charge in [-0.05, 0) is 28.8 Å². The topological polar surface area (TPSA) is 98.2 Å². The van der Waals surface area contributed by atoms with Gasteiger partial charge < -0.3 is 15.1 Å². The van der Waals surface area contributed by atoms with Crippen molar-refractivity contribution >= 4 is 33.8 Å². The number of piperazine rings is 1. The van der Waals surface area contributed by atoms with Crippen molar-refractivity contribution in [3.8, 4) is 0 Å². The Balaban J connectivity index is 0.000000509. The van der Waals surface area contributed by atoms with Crippen LogP contribution in [0.3, 0.4) is 0 Å². The Morgan fingerprint density at radius 3 is 1.60 bits per heavy atom.